The molecule has 7 heteroatoms. The van der Waals surface area contributed by atoms with E-state index in [1.165, 1.54) is 12.1 Å². The van der Waals surface area contributed by atoms with Gasteiger partial charge in [-0.1, -0.05) is 0 Å². The van der Waals surface area contributed by atoms with Crippen LogP contribution in [0.15, 0.2) is 12.1 Å². The summed E-state index contributed by atoms with van der Waals surface area (Å²) in [5, 5.41) is 24.0. The van der Waals surface area contributed by atoms with Gasteiger partial charge >= 0.3 is 0 Å². The highest BCUT2D eigenvalue weighted by Gasteiger charge is 2.39. The predicted molar refractivity (Wildman–Crippen MR) is 69.1 cm³/mol. The summed E-state index contributed by atoms with van der Waals surface area (Å²) in [4.78, 5) is 14.3. The lowest BCUT2D eigenvalue weighted by Crippen LogP contribution is -2.43. The zero-order chi connectivity index (χ0) is 14.0. The average molecular weight is 267 g/mol. The molecule has 19 heavy (non-hydrogen) atoms. The molecule has 1 aliphatic rings. The van der Waals surface area contributed by atoms with E-state index in [-0.39, 0.29) is 11.8 Å². The maximum atomic E-state index is 10.7. The molecule has 2 N–H and O–H groups in total. The Balaban J connectivity index is 2.04. The number of hydrogen-bond acceptors (Lipinski definition) is 6. The Kier molecular flexibility index (Phi) is 3.68. The largest absolute Gasteiger partial charge is 0.385 e. The van der Waals surface area contributed by atoms with Crippen molar-refractivity contribution in [2.75, 3.05) is 18.5 Å². The maximum Gasteiger partial charge on any atom is 0.290 e. The quantitative estimate of drug-likeness (QED) is 0.629. The van der Waals surface area contributed by atoms with Gasteiger partial charge in [0.2, 0.25) is 0 Å². The van der Waals surface area contributed by atoms with E-state index in [2.05, 4.69) is 10.3 Å². The SMILES string of the molecule is Cc1nc(NCC2(O)CCOC2C)ccc1[N+](=O)[O-]. The highest BCUT2D eigenvalue weighted by atomic mass is 16.6. The first-order chi connectivity index (χ1) is 8.92. The second-order valence-corrected chi connectivity index (χ2v) is 4.78. The molecule has 104 valence electrons. The number of nitrogens with one attached hydrogen (secondary N) is 1. The molecule has 1 aromatic heterocycles. The highest BCUT2D eigenvalue weighted by Crippen LogP contribution is 2.26. The molecule has 0 aromatic carbocycles. The Morgan fingerprint density at radius 3 is 2.95 bits per heavy atom. The molecule has 0 bridgehead atoms. The Labute approximate surface area is 110 Å². The van der Waals surface area contributed by atoms with Crippen LogP contribution in [0.5, 0.6) is 0 Å². The van der Waals surface area contributed by atoms with Crippen molar-refractivity contribution in [3.05, 3.63) is 27.9 Å². The van der Waals surface area contributed by atoms with Crippen LogP contribution in [0.3, 0.4) is 0 Å². The van der Waals surface area contributed by atoms with Crippen molar-refractivity contribution in [3.8, 4) is 0 Å². The molecule has 2 atom stereocenters. The number of rotatable bonds is 4. The van der Waals surface area contributed by atoms with Crippen molar-refractivity contribution in [3.63, 3.8) is 0 Å². The van der Waals surface area contributed by atoms with Gasteiger partial charge in [0.15, 0.2) is 0 Å². The van der Waals surface area contributed by atoms with E-state index in [9.17, 15) is 15.2 Å². The monoisotopic (exact) mass is 267 g/mol. The standard InChI is InChI=1S/C12H17N3O4/c1-8-10(15(17)18)3-4-11(14-8)13-7-12(16)5-6-19-9(12)2/h3-4,9,16H,5-7H2,1-2H3,(H,13,14). The number of aromatic nitrogens is 1. The molecule has 2 heterocycles. The number of pyridine rings is 1. The number of ether oxygens (including phenoxy) is 1. The van der Waals surface area contributed by atoms with Crippen LogP contribution >= 0.6 is 0 Å². The Morgan fingerprint density at radius 2 is 2.42 bits per heavy atom. The third-order valence-corrected chi connectivity index (χ3v) is 3.49. The molecule has 1 saturated heterocycles. The minimum Gasteiger partial charge on any atom is -0.385 e. The Bertz CT molecular complexity index is 494. The van der Waals surface area contributed by atoms with Gasteiger partial charge in [-0.25, -0.2) is 4.98 Å². The molecular weight excluding hydrogens is 250 g/mol. The van der Waals surface area contributed by atoms with Crippen molar-refractivity contribution >= 4 is 11.5 Å². The molecule has 0 amide bonds. The van der Waals surface area contributed by atoms with E-state index in [1.807, 2.05) is 6.92 Å². The molecular formula is C12H17N3O4. The molecule has 0 saturated carbocycles. The van der Waals surface area contributed by atoms with Crippen molar-refractivity contribution in [1.29, 1.82) is 0 Å². The van der Waals surface area contributed by atoms with Gasteiger partial charge in [-0.15, -0.1) is 0 Å². The van der Waals surface area contributed by atoms with Crippen molar-refractivity contribution in [1.82, 2.24) is 4.98 Å². The summed E-state index contributed by atoms with van der Waals surface area (Å²) in [5.74, 6) is 0.510. The van der Waals surface area contributed by atoms with Crippen LogP contribution in [0, 0.1) is 17.0 Å². The minimum absolute atomic E-state index is 0.0122. The van der Waals surface area contributed by atoms with Gasteiger partial charge in [-0.05, 0) is 19.9 Å². The topological polar surface area (TPSA) is 97.5 Å². The van der Waals surface area contributed by atoms with Crippen LogP contribution in [0.2, 0.25) is 0 Å². The van der Waals surface area contributed by atoms with Crippen LogP contribution in [0.4, 0.5) is 11.5 Å². The fourth-order valence-electron chi connectivity index (χ4n) is 2.09. The third kappa shape index (κ3) is 2.82. The number of nitrogens with zero attached hydrogens (tertiary/aromatic N) is 2. The lowest BCUT2D eigenvalue weighted by Gasteiger charge is -2.26. The second kappa shape index (κ2) is 5.10. The summed E-state index contributed by atoms with van der Waals surface area (Å²) in [7, 11) is 0. The van der Waals surface area contributed by atoms with Crippen molar-refractivity contribution < 1.29 is 14.8 Å². The summed E-state index contributed by atoms with van der Waals surface area (Å²) >= 11 is 0. The van der Waals surface area contributed by atoms with E-state index in [4.69, 9.17) is 4.74 Å². The van der Waals surface area contributed by atoms with Gasteiger partial charge in [0.25, 0.3) is 5.69 Å². The van der Waals surface area contributed by atoms with Gasteiger partial charge in [-0.3, -0.25) is 10.1 Å². The lowest BCUT2D eigenvalue weighted by atomic mass is 9.97. The predicted octanol–water partition coefficient (Wildman–Crippen LogP) is 1.25. The van der Waals surface area contributed by atoms with Gasteiger partial charge in [0.1, 0.15) is 17.1 Å². The summed E-state index contributed by atoms with van der Waals surface area (Å²) in [6, 6.07) is 2.94. The van der Waals surface area contributed by atoms with Gasteiger partial charge in [-0.2, -0.15) is 0 Å². The van der Waals surface area contributed by atoms with E-state index in [1.54, 1.807) is 6.92 Å². The molecule has 2 rings (SSSR count). The third-order valence-electron chi connectivity index (χ3n) is 3.49. The van der Waals surface area contributed by atoms with E-state index in [0.717, 1.165) is 0 Å². The van der Waals surface area contributed by atoms with E-state index in [0.29, 0.717) is 31.1 Å². The van der Waals surface area contributed by atoms with Gasteiger partial charge in [0, 0.05) is 25.6 Å². The minimum atomic E-state index is -0.919. The van der Waals surface area contributed by atoms with Crippen molar-refractivity contribution in [2.24, 2.45) is 0 Å². The van der Waals surface area contributed by atoms with Gasteiger partial charge in [0.05, 0.1) is 11.0 Å². The van der Waals surface area contributed by atoms with Crippen LogP contribution in [0.1, 0.15) is 19.0 Å². The van der Waals surface area contributed by atoms with E-state index >= 15 is 0 Å². The summed E-state index contributed by atoms with van der Waals surface area (Å²) in [6.45, 7) is 4.24. The molecule has 0 radical (unpaired) electrons. The van der Waals surface area contributed by atoms with Crippen LogP contribution < -0.4 is 5.32 Å². The van der Waals surface area contributed by atoms with Crippen molar-refractivity contribution in [2.45, 2.75) is 32.0 Å². The number of aliphatic hydroxyl groups is 1. The molecule has 0 aliphatic carbocycles. The van der Waals surface area contributed by atoms with Crippen LogP contribution in [0.25, 0.3) is 0 Å². The van der Waals surface area contributed by atoms with Gasteiger partial charge < -0.3 is 15.2 Å². The first-order valence-corrected chi connectivity index (χ1v) is 6.12. The second-order valence-electron chi connectivity index (χ2n) is 4.78. The molecule has 1 fully saturated rings. The smallest absolute Gasteiger partial charge is 0.290 e. The number of aryl methyl sites for hydroxylation is 1. The Morgan fingerprint density at radius 1 is 1.68 bits per heavy atom. The first kappa shape index (κ1) is 13.7. The van der Waals surface area contributed by atoms with Crippen LogP contribution in [-0.2, 0) is 4.74 Å². The number of anilines is 1. The molecule has 1 aromatic rings. The molecule has 1 aliphatic heterocycles. The zero-order valence-corrected chi connectivity index (χ0v) is 10.9. The van der Waals surface area contributed by atoms with E-state index < -0.39 is 10.5 Å². The maximum absolute atomic E-state index is 10.7. The normalized spacial score (nSPS) is 26.4. The lowest BCUT2D eigenvalue weighted by molar-refractivity contribution is -0.385. The number of hydrogen-bond donors (Lipinski definition) is 2. The molecule has 7 nitrogen and oxygen atoms in total. The molecule has 2 unspecified atom stereocenters. The fourth-order valence-corrected chi connectivity index (χ4v) is 2.09. The first-order valence-electron chi connectivity index (χ1n) is 6.12. The average Bonchev–Trinajstić information content (AvgIpc) is 2.67. The summed E-state index contributed by atoms with van der Waals surface area (Å²) in [5.41, 5.74) is -0.586. The Hall–Kier alpha value is -1.73. The highest BCUT2D eigenvalue weighted by molar-refractivity contribution is 5.45. The molecule has 0 spiro atoms. The summed E-state index contributed by atoms with van der Waals surface area (Å²) < 4.78 is 5.33. The number of nitro groups is 1. The van der Waals surface area contributed by atoms with Crippen LogP contribution in [-0.4, -0.2) is 39.9 Å². The zero-order valence-electron chi connectivity index (χ0n) is 10.9. The summed E-state index contributed by atoms with van der Waals surface area (Å²) in [6.07, 6.45) is 0.326. The fraction of sp³-hybridized carbons (Fsp3) is 0.583.